The van der Waals surface area contributed by atoms with E-state index in [-0.39, 0.29) is 23.3 Å². The molecule has 98 valence electrons. The molecule has 18 heavy (non-hydrogen) atoms. The number of anilines is 1. The number of nitrogens with zero attached hydrogens (tertiary/aromatic N) is 3. The third-order valence-corrected chi connectivity index (χ3v) is 3.19. The Morgan fingerprint density at radius 1 is 1.50 bits per heavy atom. The van der Waals surface area contributed by atoms with Crippen LogP contribution in [-0.2, 0) is 4.79 Å². The third-order valence-electron chi connectivity index (χ3n) is 3.19. The fourth-order valence-electron chi connectivity index (χ4n) is 2.32. The molecule has 1 aromatic rings. The standard InChI is InChI=1S/C13H20N4O/c1-13(2,3)11(18)17-8-4-5-10(17)9-6-7-15-12(14)16-9/h6-7,10H,4-5,8H2,1-3H3,(H2,14,15,16). The maximum Gasteiger partial charge on any atom is 0.228 e. The Labute approximate surface area is 107 Å². The van der Waals surface area contributed by atoms with E-state index in [4.69, 9.17) is 5.73 Å². The van der Waals surface area contributed by atoms with E-state index < -0.39 is 0 Å². The fraction of sp³-hybridized carbons (Fsp3) is 0.615. The molecule has 1 aliphatic rings. The molecule has 1 unspecified atom stereocenters. The molecule has 2 heterocycles. The van der Waals surface area contributed by atoms with E-state index in [0.29, 0.717) is 0 Å². The third kappa shape index (κ3) is 2.44. The number of likely N-dealkylation sites (tertiary alicyclic amines) is 1. The van der Waals surface area contributed by atoms with Gasteiger partial charge in [0.25, 0.3) is 0 Å². The minimum Gasteiger partial charge on any atom is -0.368 e. The van der Waals surface area contributed by atoms with Crippen molar-refractivity contribution in [3.8, 4) is 0 Å². The molecule has 0 aliphatic carbocycles. The number of hydrogen-bond acceptors (Lipinski definition) is 4. The van der Waals surface area contributed by atoms with E-state index in [1.165, 1.54) is 0 Å². The van der Waals surface area contributed by atoms with Gasteiger partial charge in [0.1, 0.15) is 0 Å². The average molecular weight is 248 g/mol. The van der Waals surface area contributed by atoms with Gasteiger partial charge in [-0.15, -0.1) is 0 Å². The van der Waals surface area contributed by atoms with E-state index in [1.54, 1.807) is 6.20 Å². The van der Waals surface area contributed by atoms with E-state index in [9.17, 15) is 4.79 Å². The molecule has 1 aliphatic heterocycles. The Morgan fingerprint density at radius 3 is 2.83 bits per heavy atom. The van der Waals surface area contributed by atoms with Gasteiger partial charge in [0.15, 0.2) is 0 Å². The van der Waals surface area contributed by atoms with Crippen LogP contribution in [0, 0.1) is 5.41 Å². The first-order chi connectivity index (χ1) is 8.39. The highest BCUT2D eigenvalue weighted by atomic mass is 16.2. The Balaban J connectivity index is 2.25. The summed E-state index contributed by atoms with van der Waals surface area (Å²) in [5, 5.41) is 0. The maximum absolute atomic E-state index is 12.4. The van der Waals surface area contributed by atoms with Crippen LogP contribution >= 0.6 is 0 Å². The van der Waals surface area contributed by atoms with Gasteiger partial charge in [0.05, 0.1) is 11.7 Å². The SMILES string of the molecule is CC(C)(C)C(=O)N1CCCC1c1ccnc(N)n1. The molecule has 0 spiro atoms. The summed E-state index contributed by atoms with van der Waals surface area (Å²) in [7, 11) is 0. The zero-order valence-electron chi connectivity index (χ0n) is 11.2. The number of amides is 1. The van der Waals surface area contributed by atoms with Gasteiger partial charge in [-0.2, -0.15) is 0 Å². The summed E-state index contributed by atoms with van der Waals surface area (Å²) in [6.07, 6.45) is 3.60. The highest BCUT2D eigenvalue weighted by Crippen LogP contribution is 2.34. The number of nitrogens with two attached hydrogens (primary N) is 1. The number of aromatic nitrogens is 2. The van der Waals surface area contributed by atoms with Gasteiger partial charge in [0, 0.05) is 18.2 Å². The topological polar surface area (TPSA) is 72.1 Å². The Hall–Kier alpha value is -1.65. The zero-order valence-corrected chi connectivity index (χ0v) is 11.2. The van der Waals surface area contributed by atoms with Crippen LogP contribution in [0.4, 0.5) is 5.95 Å². The predicted molar refractivity (Wildman–Crippen MR) is 69.6 cm³/mol. The predicted octanol–water partition coefficient (Wildman–Crippen LogP) is 1.77. The fourth-order valence-corrected chi connectivity index (χ4v) is 2.32. The van der Waals surface area contributed by atoms with Gasteiger partial charge >= 0.3 is 0 Å². The summed E-state index contributed by atoms with van der Waals surface area (Å²) in [6, 6.07) is 1.89. The number of carbonyl (C=O) groups is 1. The van der Waals surface area contributed by atoms with Crippen molar-refractivity contribution in [2.45, 2.75) is 39.7 Å². The molecule has 1 aromatic heterocycles. The molecule has 5 heteroatoms. The van der Waals surface area contributed by atoms with Crippen LogP contribution < -0.4 is 5.73 Å². The molecule has 0 radical (unpaired) electrons. The molecule has 1 atom stereocenters. The first-order valence-electron chi connectivity index (χ1n) is 6.29. The normalized spacial score (nSPS) is 20.2. The smallest absolute Gasteiger partial charge is 0.228 e. The second-order valence-electron chi connectivity index (χ2n) is 5.75. The lowest BCUT2D eigenvalue weighted by molar-refractivity contribution is -0.140. The highest BCUT2D eigenvalue weighted by molar-refractivity contribution is 5.82. The summed E-state index contributed by atoms with van der Waals surface area (Å²) in [6.45, 7) is 6.63. The van der Waals surface area contributed by atoms with Crippen molar-refractivity contribution in [1.82, 2.24) is 14.9 Å². The molecule has 1 amide bonds. The Kier molecular flexibility index (Phi) is 3.24. The van der Waals surface area contributed by atoms with Crippen molar-refractivity contribution >= 4 is 11.9 Å². The van der Waals surface area contributed by atoms with Crippen LogP contribution in [0.1, 0.15) is 45.3 Å². The van der Waals surface area contributed by atoms with Crippen LogP contribution in [0.15, 0.2) is 12.3 Å². The zero-order chi connectivity index (χ0) is 13.3. The van der Waals surface area contributed by atoms with E-state index in [0.717, 1.165) is 25.1 Å². The van der Waals surface area contributed by atoms with E-state index in [1.807, 2.05) is 31.7 Å². The van der Waals surface area contributed by atoms with Crippen LogP contribution in [0.5, 0.6) is 0 Å². The molecule has 1 fully saturated rings. The molecular weight excluding hydrogens is 228 g/mol. The van der Waals surface area contributed by atoms with E-state index in [2.05, 4.69) is 9.97 Å². The lowest BCUT2D eigenvalue weighted by atomic mass is 9.94. The molecule has 0 saturated carbocycles. The molecule has 0 aromatic carbocycles. The van der Waals surface area contributed by atoms with Crippen molar-refractivity contribution in [3.05, 3.63) is 18.0 Å². The second kappa shape index (κ2) is 4.55. The van der Waals surface area contributed by atoms with Crippen molar-refractivity contribution in [2.24, 2.45) is 5.41 Å². The molecule has 2 rings (SSSR count). The first-order valence-corrected chi connectivity index (χ1v) is 6.29. The van der Waals surface area contributed by atoms with Crippen LogP contribution in [0.25, 0.3) is 0 Å². The molecular formula is C13H20N4O. The number of carbonyl (C=O) groups excluding carboxylic acids is 1. The van der Waals surface area contributed by atoms with Gasteiger partial charge in [-0.05, 0) is 18.9 Å². The van der Waals surface area contributed by atoms with Crippen LogP contribution in [0.2, 0.25) is 0 Å². The second-order valence-corrected chi connectivity index (χ2v) is 5.75. The largest absolute Gasteiger partial charge is 0.368 e. The van der Waals surface area contributed by atoms with Gasteiger partial charge in [-0.25, -0.2) is 9.97 Å². The van der Waals surface area contributed by atoms with Crippen molar-refractivity contribution in [3.63, 3.8) is 0 Å². The average Bonchev–Trinajstić information content (AvgIpc) is 2.75. The quantitative estimate of drug-likeness (QED) is 0.822. The number of nitrogen functional groups attached to an aromatic ring is 1. The molecule has 1 saturated heterocycles. The van der Waals surface area contributed by atoms with Crippen molar-refractivity contribution in [2.75, 3.05) is 12.3 Å². The Morgan fingerprint density at radius 2 is 2.22 bits per heavy atom. The summed E-state index contributed by atoms with van der Waals surface area (Å²) < 4.78 is 0. The summed E-state index contributed by atoms with van der Waals surface area (Å²) in [5.74, 6) is 0.435. The first kappa shape index (κ1) is 12.8. The van der Waals surface area contributed by atoms with Gasteiger partial charge in [-0.3, -0.25) is 4.79 Å². The highest BCUT2D eigenvalue weighted by Gasteiger charge is 2.36. The van der Waals surface area contributed by atoms with Gasteiger partial charge in [0.2, 0.25) is 11.9 Å². The van der Waals surface area contributed by atoms with Gasteiger partial charge in [-0.1, -0.05) is 20.8 Å². The molecule has 5 nitrogen and oxygen atoms in total. The van der Waals surface area contributed by atoms with Crippen molar-refractivity contribution < 1.29 is 4.79 Å². The molecule has 2 N–H and O–H groups in total. The number of hydrogen-bond donors (Lipinski definition) is 1. The van der Waals surface area contributed by atoms with E-state index >= 15 is 0 Å². The van der Waals surface area contributed by atoms with Crippen molar-refractivity contribution in [1.29, 1.82) is 0 Å². The lowest BCUT2D eigenvalue weighted by Gasteiger charge is -2.30. The maximum atomic E-state index is 12.4. The lowest BCUT2D eigenvalue weighted by Crippen LogP contribution is -2.39. The summed E-state index contributed by atoms with van der Waals surface area (Å²) >= 11 is 0. The Bertz CT molecular complexity index is 453. The van der Waals surface area contributed by atoms with Crippen LogP contribution in [0.3, 0.4) is 0 Å². The van der Waals surface area contributed by atoms with Crippen LogP contribution in [-0.4, -0.2) is 27.3 Å². The summed E-state index contributed by atoms with van der Waals surface area (Å²) in [4.78, 5) is 22.4. The monoisotopic (exact) mass is 248 g/mol. The minimum absolute atomic E-state index is 0.0435. The summed E-state index contributed by atoms with van der Waals surface area (Å²) in [5.41, 5.74) is 6.09. The van der Waals surface area contributed by atoms with Gasteiger partial charge < -0.3 is 10.6 Å². The molecule has 0 bridgehead atoms. The number of rotatable bonds is 1. The minimum atomic E-state index is -0.360.